The van der Waals surface area contributed by atoms with E-state index in [1.807, 2.05) is 0 Å². The summed E-state index contributed by atoms with van der Waals surface area (Å²) in [5.41, 5.74) is 0.705. The van der Waals surface area contributed by atoms with Gasteiger partial charge in [0.1, 0.15) is 0 Å². The van der Waals surface area contributed by atoms with Crippen LogP contribution in [0.4, 0.5) is 4.79 Å². The summed E-state index contributed by atoms with van der Waals surface area (Å²) < 4.78 is 0. The van der Waals surface area contributed by atoms with E-state index >= 15 is 0 Å². The Morgan fingerprint density at radius 2 is 2.07 bits per heavy atom. The van der Waals surface area contributed by atoms with Crippen molar-refractivity contribution in [3.63, 3.8) is 0 Å². The smallest absolute Gasteiger partial charge is 0.241 e. The van der Waals surface area contributed by atoms with Gasteiger partial charge in [-0.25, -0.2) is 0 Å². The molecular formula is C11H20NO2P. The monoisotopic (exact) mass is 229 g/mol. The number of carbonyl (C=O) groups excluding carboxylic acids is 2. The molecule has 1 saturated heterocycles. The van der Waals surface area contributed by atoms with Gasteiger partial charge in [0.15, 0.2) is 5.78 Å². The average Bonchev–Trinajstić information content (AvgIpc) is 2.92. The summed E-state index contributed by atoms with van der Waals surface area (Å²) in [6, 6.07) is 0. The van der Waals surface area contributed by atoms with Crippen molar-refractivity contribution in [2.75, 3.05) is 12.7 Å². The van der Waals surface area contributed by atoms with Crippen LogP contribution in [0, 0.1) is 0 Å². The predicted octanol–water partition coefficient (Wildman–Crippen LogP) is 2.73. The van der Waals surface area contributed by atoms with Gasteiger partial charge in [-0.05, 0) is 26.2 Å². The second kappa shape index (κ2) is 6.22. The number of unbranched alkanes of at least 4 members (excludes halogenated alkanes) is 2. The quantitative estimate of drug-likeness (QED) is 0.539. The Morgan fingerprint density at radius 1 is 1.40 bits per heavy atom. The van der Waals surface area contributed by atoms with Crippen LogP contribution in [0.15, 0.2) is 0 Å². The van der Waals surface area contributed by atoms with Gasteiger partial charge in [-0.3, -0.25) is 9.59 Å². The van der Waals surface area contributed by atoms with Crippen LogP contribution >= 0.6 is 7.92 Å². The molecule has 1 amide bonds. The standard InChI is InChI=1S/C11H20NO2P/c1-3-4-5-6-10(13)7-12-11(14)15-8-9(15)2/h9H,3-8H2,1-2H3,(H,12,14). The van der Waals surface area contributed by atoms with E-state index in [0.717, 1.165) is 25.4 Å². The normalized spacial score (nSPS) is 23.6. The molecule has 1 fully saturated rings. The fourth-order valence-corrected chi connectivity index (χ4v) is 3.03. The van der Waals surface area contributed by atoms with Crippen LogP contribution in [0.3, 0.4) is 0 Å². The van der Waals surface area contributed by atoms with Crippen LogP contribution in [-0.4, -0.2) is 29.8 Å². The lowest BCUT2D eigenvalue weighted by Crippen LogP contribution is -2.25. The first-order valence-electron chi connectivity index (χ1n) is 5.71. The van der Waals surface area contributed by atoms with Crippen molar-refractivity contribution >= 4 is 19.4 Å². The highest BCUT2D eigenvalue weighted by molar-refractivity contribution is 7.81. The second-order valence-electron chi connectivity index (χ2n) is 4.16. The van der Waals surface area contributed by atoms with Gasteiger partial charge >= 0.3 is 0 Å². The topological polar surface area (TPSA) is 46.2 Å². The maximum absolute atomic E-state index is 11.4. The molecule has 4 heteroatoms. The van der Waals surface area contributed by atoms with E-state index < -0.39 is 7.92 Å². The first-order chi connectivity index (χ1) is 7.15. The minimum atomic E-state index is -0.422. The van der Waals surface area contributed by atoms with Crippen molar-refractivity contribution in [3.05, 3.63) is 0 Å². The molecule has 0 aliphatic carbocycles. The van der Waals surface area contributed by atoms with Crippen LogP contribution in [-0.2, 0) is 4.79 Å². The fourth-order valence-electron chi connectivity index (χ4n) is 1.46. The number of hydrogen-bond donors (Lipinski definition) is 1. The van der Waals surface area contributed by atoms with Gasteiger partial charge in [-0.15, -0.1) is 0 Å². The molecule has 1 N–H and O–H groups in total. The van der Waals surface area contributed by atoms with E-state index in [1.165, 1.54) is 0 Å². The molecule has 0 bridgehead atoms. The lowest BCUT2D eigenvalue weighted by Gasteiger charge is -2.03. The molecule has 2 atom stereocenters. The number of amides is 1. The number of carbonyl (C=O) groups is 2. The number of hydrogen-bond acceptors (Lipinski definition) is 2. The summed E-state index contributed by atoms with van der Waals surface area (Å²) >= 11 is 0. The molecule has 1 aliphatic rings. The Kier molecular flexibility index (Phi) is 5.24. The highest BCUT2D eigenvalue weighted by atomic mass is 31.1. The molecule has 86 valence electrons. The van der Waals surface area contributed by atoms with Gasteiger partial charge in [-0.1, -0.05) is 26.7 Å². The maximum Gasteiger partial charge on any atom is 0.241 e. The van der Waals surface area contributed by atoms with Crippen molar-refractivity contribution in [3.8, 4) is 0 Å². The Bertz CT molecular complexity index is 243. The van der Waals surface area contributed by atoms with E-state index in [4.69, 9.17) is 0 Å². The Balaban J connectivity index is 2.03. The molecule has 15 heavy (non-hydrogen) atoms. The molecular weight excluding hydrogens is 209 g/mol. The van der Waals surface area contributed by atoms with Gasteiger partial charge in [0.25, 0.3) is 0 Å². The van der Waals surface area contributed by atoms with Crippen LogP contribution in [0.5, 0.6) is 0 Å². The zero-order chi connectivity index (χ0) is 11.3. The van der Waals surface area contributed by atoms with E-state index in [1.54, 1.807) is 0 Å². The molecule has 0 radical (unpaired) electrons. The number of nitrogens with one attached hydrogen (secondary N) is 1. The Morgan fingerprint density at radius 3 is 2.60 bits per heavy atom. The zero-order valence-corrected chi connectivity index (χ0v) is 10.5. The highest BCUT2D eigenvalue weighted by Crippen LogP contribution is 2.58. The lowest BCUT2D eigenvalue weighted by molar-refractivity contribution is -0.118. The van der Waals surface area contributed by atoms with Gasteiger partial charge in [-0.2, -0.15) is 0 Å². The van der Waals surface area contributed by atoms with Crippen LogP contribution in [0.1, 0.15) is 39.5 Å². The molecule has 2 unspecified atom stereocenters. The maximum atomic E-state index is 11.4. The number of Topliss-reactive ketones (excluding diaryl/α,β-unsaturated/α-hetero) is 1. The molecule has 1 heterocycles. The summed E-state index contributed by atoms with van der Waals surface area (Å²) in [5.74, 6) is 0.168. The Hall–Kier alpha value is -0.430. The summed E-state index contributed by atoms with van der Waals surface area (Å²) in [6.45, 7) is 4.45. The van der Waals surface area contributed by atoms with E-state index in [-0.39, 0.29) is 18.0 Å². The van der Waals surface area contributed by atoms with Crippen molar-refractivity contribution in [1.29, 1.82) is 0 Å². The van der Waals surface area contributed by atoms with Gasteiger partial charge in [0.05, 0.1) is 6.54 Å². The van der Waals surface area contributed by atoms with Crippen LogP contribution < -0.4 is 5.32 Å². The van der Waals surface area contributed by atoms with Crippen molar-refractivity contribution in [2.45, 2.75) is 45.2 Å². The van der Waals surface area contributed by atoms with Gasteiger partial charge < -0.3 is 5.32 Å². The Labute approximate surface area is 92.8 Å². The molecule has 0 aromatic heterocycles. The first-order valence-corrected chi connectivity index (χ1v) is 7.31. The fraction of sp³-hybridized carbons (Fsp3) is 0.818. The summed E-state index contributed by atoms with van der Waals surface area (Å²) in [7, 11) is -0.422. The number of rotatable bonds is 7. The third-order valence-corrected chi connectivity index (χ3v) is 5.01. The van der Waals surface area contributed by atoms with Crippen LogP contribution in [0.2, 0.25) is 0 Å². The van der Waals surface area contributed by atoms with Gasteiger partial charge in [0, 0.05) is 6.42 Å². The minimum Gasteiger partial charge on any atom is -0.345 e. The van der Waals surface area contributed by atoms with Gasteiger partial charge in [0.2, 0.25) is 5.65 Å². The highest BCUT2D eigenvalue weighted by Gasteiger charge is 2.38. The third-order valence-electron chi connectivity index (χ3n) is 2.62. The summed E-state index contributed by atoms with van der Waals surface area (Å²) in [4.78, 5) is 22.8. The largest absolute Gasteiger partial charge is 0.345 e. The van der Waals surface area contributed by atoms with E-state index in [2.05, 4.69) is 19.2 Å². The van der Waals surface area contributed by atoms with E-state index in [0.29, 0.717) is 12.1 Å². The molecule has 0 saturated carbocycles. The second-order valence-corrected chi connectivity index (χ2v) is 6.75. The predicted molar refractivity (Wildman–Crippen MR) is 63.8 cm³/mol. The van der Waals surface area contributed by atoms with Crippen molar-refractivity contribution in [2.24, 2.45) is 0 Å². The molecule has 0 spiro atoms. The SMILES string of the molecule is CCCCCC(=O)CNC(=O)P1CC1C. The first kappa shape index (κ1) is 12.6. The molecule has 3 nitrogen and oxygen atoms in total. The zero-order valence-electron chi connectivity index (χ0n) is 9.58. The minimum absolute atomic E-state index is 0.126. The molecule has 1 rings (SSSR count). The number of ketones is 1. The average molecular weight is 229 g/mol. The van der Waals surface area contributed by atoms with Crippen molar-refractivity contribution < 1.29 is 9.59 Å². The molecule has 1 aliphatic heterocycles. The van der Waals surface area contributed by atoms with Crippen LogP contribution in [0.25, 0.3) is 0 Å². The molecule has 0 aromatic rings. The molecule has 0 aromatic carbocycles. The van der Waals surface area contributed by atoms with E-state index in [9.17, 15) is 9.59 Å². The third kappa shape index (κ3) is 4.74. The summed E-state index contributed by atoms with van der Waals surface area (Å²) in [6.07, 6.45) is 4.84. The summed E-state index contributed by atoms with van der Waals surface area (Å²) in [5, 5.41) is 2.74. The van der Waals surface area contributed by atoms with Crippen molar-refractivity contribution in [1.82, 2.24) is 5.32 Å². The lowest BCUT2D eigenvalue weighted by atomic mass is 10.1.